The molecule has 9 nitrogen and oxygen atoms in total. The van der Waals surface area contributed by atoms with Crippen molar-refractivity contribution < 1.29 is 17.9 Å². The number of sulfonamides is 1. The summed E-state index contributed by atoms with van der Waals surface area (Å²) in [5.41, 5.74) is 2.50. The molecule has 4 rings (SSSR count). The number of aromatic nitrogens is 3. The Morgan fingerprint density at radius 2 is 1.97 bits per heavy atom. The average Bonchev–Trinajstić information content (AvgIpc) is 3.55. The fourth-order valence-corrected chi connectivity index (χ4v) is 5.12. The van der Waals surface area contributed by atoms with E-state index in [-0.39, 0.29) is 16.0 Å². The molecule has 32 heavy (non-hydrogen) atoms. The zero-order chi connectivity index (χ0) is 22.7. The molecule has 0 atom stereocenters. The van der Waals surface area contributed by atoms with Gasteiger partial charge in [0.05, 0.1) is 41.2 Å². The van der Waals surface area contributed by atoms with Crippen molar-refractivity contribution in [2.45, 2.75) is 25.0 Å². The Labute approximate surface area is 189 Å². The SMILES string of the molecule is C=C(C(=O)Nc1ccc(-c2cncc(OCC)n2)cc1)c1csc(NS(=O)(=O)C2CC2)n1. The largest absolute Gasteiger partial charge is 0.477 e. The molecular weight excluding hydrogens is 450 g/mol. The van der Waals surface area contributed by atoms with Crippen LogP contribution in [0.4, 0.5) is 10.8 Å². The van der Waals surface area contributed by atoms with Crippen LogP contribution in [0.3, 0.4) is 0 Å². The van der Waals surface area contributed by atoms with Gasteiger partial charge in [-0.15, -0.1) is 11.3 Å². The Morgan fingerprint density at radius 1 is 1.22 bits per heavy atom. The van der Waals surface area contributed by atoms with E-state index in [1.807, 2.05) is 19.1 Å². The second-order valence-corrected chi connectivity index (χ2v) is 9.89. The van der Waals surface area contributed by atoms with E-state index in [2.05, 4.69) is 31.6 Å². The third-order valence-electron chi connectivity index (χ3n) is 4.62. The molecule has 1 fully saturated rings. The van der Waals surface area contributed by atoms with E-state index in [4.69, 9.17) is 4.74 Å². The maximum absolute atomic E-state index is 12.6. The number of rotatable bonds is 9. The van der Waals surface area contributed by atoms with Crippen LogP contribution >= 0.6 is 11.3 Å². The first-order valence-corrected chi connectivity index (χ1v) is 12.3. The molecule has 2 heterocycles. The van der Waals surface area contributed by atoms with E-state index >= 15 is 0 Å². The van der Waals surface area contributed by atoms with Crippen molar-refractivity contribution >= 4 is 43.7 Å². The normalized spacial score (nSPS) is 13.4. The van der Waals surface area contributed by atoms with Crippen LogP contribution in [0.5, 0.6) is 5.88 Å². The second kappa shape index (κ2) is 9.05. The first-order chi connectivity index (χ1) is 15.4. The summed E-state index contributed by atoms with van der Waals surface area (Å²) in [5, 5.41) is 4.23. The number of thiazole rings is 1. The molecule has 0 spiro atoms. The van der Waals surface area contributed by atoms with E-state index in [9.17, 15) is 13.2 Å². The van der Waals surface area contributed by atoms with Gasteiger partial charge in [-0.3, -0.25) is 14.5 Å². The minimum atomic E-state index is -3.40. The van der Waals surface area contributed by atoms with Gasteiger partial charge in [0, 0.05) is 16.6 Å². The molecule has 1 aromatic carbocycles. The smallest absolute Gasteiger partial charge is 0.257 e. The molecule has 0 bridgehead atoms. The predicted octanol–water partition coefficient (Wildman–Crippen LogP) is 3.55. The monoisotopic (exact) mass is 471 g/mol. The lowest BCUT2D eigenvalue weighted by Crippen LogP contribution is -2.17. The minimum absolute atomic E-state index is 0.137. The number of nitrogens with zero attached hydrogens (tertiary/aromatic N) is 3. The Hall–Kier alpha value is -3.31. The molecular formula is C21H21N5O4S2. The maximum atomic E-state index is 12.6. The summed E-state index contributed by atoms with van der Waals surface area (Å²) in [6, 6.07) is 7.11. The number of ether oxygens (including phenoxy) is 1. The molecule has 2 aromatic heterocycles. The Kier molecular flexibility index (Phi) is 6.19. The van der Waals surface area contributed by atoms with Crippen molar-refractivity contribution in [3.63, 3.8) is 0 Å². The van der Waals surface area contributed by atoms with E-state index < -0.39 is 15.9 Å². The second-order valence-electron chi connectivity index (χ2n) is 7.07. The predicted molar refractivity (Wildman–Crippen MR) is 124 cm³/mol. The lowest BCUT2D eigenvalue weighted by Gasteiger charge is -2.08. The van der Waals surface area contributed by atoms with Gasteiger partial charge in [-0.2, -0.15) is 0 Å². The van der Waals surface area contributed by atoms with E-state index in [1.165, 1.54) is 0 Å². The highest BCUT2D eigenvalue weighted by atomic mass is 32.2. The molecule has 0 saturated heterocycles. The van der Waals surface area contributed by atoms with Gasteiger partial charge in [0.15, 0.2) is 5.13 Å². The topological polar surface area (TPSA) is 123 Å². The quantitative estimate of drug-likeness (QED) is 0.457. The van der Waals surface area contributed by atoms with E-state index in [0.717, 1.165) is 16.9 Å². The summed E-state index contributed by atoms with van der Waals surface area (Å²) in [6.45, 7) is 6.17. The van der Waals surface area contributed by atoms with Crippen LogP contribution in [0.25, 0.3) is 16.8 Å². The molecule has 1 aliphatic rings. The zero-order valence-corrected chi connectivity index (χ0v) is 18.9. The lowest BCUT2D eigenvalue weighted by atomic mass is 10.1. The average molecular weight is 472 g/mol. The van der Waals surface area contributed by atoms with Crippen LogP contribution in [0, 0.1) is 0 Å². The van der Waals surface area contributed by atoms with Gasteiger partial charge < -0.3 is 10.1 Å². The van der Waals surface area contributed by atoms with Crippen LogP contribution in [-0.2, 0) is 14.8 Å². The lowest BCUT2D eigenvalue weighted by molar-refractivity contribution is -0.111. The van der Waals surface area contributed by atoms with Gasteiger partial charge in [0.2, 0.25) is 15.9 Å². The summed E-state index contributed by atoms with van der Waals surface area (Å²) in [6.07, 6.45) is 4.50. The van der Waals surface area contributed by atoms with Crippen molar-refractivity contribution in [1.29, 1.82) is 0 Å². The van der Waals surface area contributed by atoms with Crippen molar-refractivity contribution in [2.24, 2.45) is 0 Å². The van der Waals surface area contributed by atoms with Crippen LogP contribution in [0.2, 0.25) is 0 Å². The number of carbonyl (C=O) groups excluding carboxylic acids is 1. The van der Waals surface area contributed by atoms with Crippen LogP contribution < -0.4 is 14.8 Å². The van der Waals surface area contributed by atoms with Crippen LogP contribution in [0.15, 0.2) is 48.6 Å². The Morgan fingerprint density at radius 3 is 2.66 bits per heavy atom. The number of amides is 1. The molecule has 0 unspecified atom stereocenters. The van der Waals surface area contributed by atoms with Crippen LogP contribution in [0.1, 0.15) is 25.5 Å². The molecule has 1 aliphatic carbocycles. The first kappa shape index (κ1) is 21.9. The Bertz CT molecular complexity index is 1250. The fraction of sp³-hybridized carbons (Fsp3) is 0.238. The van der Waals surface area contributed by atoms with Crippen molar-refractivity contribution in [3.8, 4) is 17.1 Å². The van der Waals surface area contributed by atoms with Crippen molar-refractivity contribution in [2.75, 3.05) is 16.6 Å². The highest BCUT2D eigenvalue weighted by molar-refractivity contribution is 7.93. The molecule has 3 aromatic rings. The van der Waals surface area contributed by atoms with Crippen LogP contribution in [-0.4, -0.2) is 41.1 Å². The van der Waals surface area contributed by atoms with Crippen molar-refractivity contribution in [1.82, 2.24) is 15.0 Å². The van der Waals surface area contributed by atoms with E-state index in [1.54, 1.807) is 29.9 Å². The molecule has 1 amide bonds. The molecule has 1 saturated carbocycles. The third-order valence-corrected chi connectivity index (χ3v) is 7.34. The summed E-state index contributed by atoms with van der Waals surface area (Å²) in [5.74, 6) is 0.0125. The van der Waals surface area contributed by atoms with Gasteiger partial charge in [0.1, 0.15) is 0 Å². The summed E-state index contributed by atoms with van der Waals surface area (Å²) >= 11 is 1.11. The fourth-order valence-electron chi connectivity index (χ4n) is 2.79. The number of hydrogen-bond acceptors (Lipinski definition) is 8. The highest BCUT2D eigenvalue weighted by Crippen LogP contribution is 2.31. The van der Waals surface area contributed by atoms with E-state index in [0.29, 0.717) is 42.4 Å². The third kappa shape index (κ3) is 5.11. The first-order valence-electron chi connectivity index (χ1n) is 9.89. The van der Waals surface area contributed by atoms with Gasteiger partial charge >= 0.3 is 0 Å². The standard InChI is InChI=1S/C21H21N5O4S2/c1-3-30-19-11-22-10-17(24-19)14-4-6-15(7-5-14)23-20(27)13(2)18-12-31-21(25-18)26-32(28,29)16-8-9-16/h4-7,10-12,16H,2-3,8-9H2,1H3,(H,23,27)(H,25,26). The molecule has 11 heteroatoms. The molecule has 0 radical (unpaired) electrons. The van der Waals surface area contributed by atoms with Crippen molar-refractivity contribution in [3.05, 3.63) is 54.3 Å². The number of hydrogen-bond donors (Lipinski definition) is 2. The molecule has 166 valence electrons. The Balaban J connectivity index is 1.39. The minimum Gasteiger partial charge on any atom is -0.477 e. The summed E-state index contributed by atoms with van der Waals surface area (Å²) in [4.78, 5) is 25.3. The summed E-state index contributed by atoms with van der Waals surface area (Å²) < 4.78 is 31.9. The van der Waals surface area contributed by atoms with Gasteiger partial charge in [-0.1, -0.05) is 18.7 Å². The number of benzene rings is 1. The summed E-state index contributed by atoms with van der Waals surface area (Å²) in [7, 11) is -3.40. The van der Waals surface area contributed by atoms with Gasteiger partial charge in [-0.25, -0.2) is 18.4 Å². The molecule has 2 N–H and O–H groups in total. The highest BCUT2D eigenvalue weighted by Gasteiger charge is 2.36. The number of nitrogens with one attached hydrogen (secondary N) is 2. The van der Waals surface area contributed by atoms with Gasteiger partial charge in [-0.05, 0) is 31.9 Å². The number of carbonyl (C=O) groups is 1. The molecule has 0 aliphatic heterocycles. The van der Waals surface area contributed by atoms with Gasteiger partial charge in [0.25, 0.3) is 5.91 Å². The maximum Gasteiger partial charge on any atom is 0.257 e. The number of anilines is 2. The zero-order valence-electron chi connectivity index (χ0n) is 17.2.